The highest BCUT2D eigenvalue weighted by atomic mass is 16.5. The van der Waals surface area contributed by atoms with Crippen molar-refractivity contribution >= 4 is 0 Å². The summed E-state index contributed by atoms with van der Waals surface area (Å²) < 4.78 is 5.46. The minimum atomic E-state index is 0.573. The maximum Gasteiger partial charge on any atom is 0.213 e. The average molecular weight is 191 g/mol. The number of hydrogen-bond donors (Lipinski definition) is 0. The molecule has 0 aliphatic carbocycles. The minimum Gasteiger partial charge on any atom is -0.473 e. The third-order valence-electron chi connectivity index (χ3n) is 1.91. The zero-order valence-electron chi connectivity index (χ0n) is 8.92. The molecule has 0 aliphatic rings. The first-order chi connectivity index (χ1) is 6.72. The molecule has 0 spiro atoms. The van der Waals surface area contributed by atoms with E-state index in [4.69, 9.17) is 4.74 Å². The third kappa shape index (κ3) is 3.60. The van der Waals surface area contributed by atoms with Gasteiger partial charge in [-0.1, -0.05) is 26.0 Å². The van der Waals surface area contributed by atoms with Crippen LogP contribution < -0.4 is 4.74 Å². The van der Waals surface area contributed by atoms with Crippen molar-refractivity contribution < 1.29 is 4.74 Å². The van der Waals surface area contributed by atoms with E-state index < -0.39 is 0 Å². The summed E-state index contributed by atoms with van der Waals surface area (Å²) in [6.45, 7) is 8.64. The van der Waals surface area contributed by atoms with E-state index in [2.05, 4.69) is 18.5 Å². The maximum absolute atomic E-state index is 5.46. The minimum absolute atomic E-state index is 0.573. The molecule has 76 valence electrons. The summed E-state index contributed by atoms with van der Waals surface area (Å²) in [5.41, 5.74) is 2.26. The lowest BCUT2D eigenvalue weighted by Crippen LogP contribution is -2.01. The van der Waals surface area contributed by atoms with E-state index in [1.807, 2.05) is 19.1 Å². The van der Waals surface area contributed by atoms with Crippen LogP contribution in [0.2, 0.25) is 0 Å². The normalized spacial score (nSPS) is 9.86. The van der Waals surface area contributed by atoms with Gasteiger partial charge in [0.05, 0.1) is 0 Å². The SMILES string of the molecule is C=C(CCC)COc1ccc(C)cn1. The number of ether oxygens (including phenoxy) is 1. The molecule has 0 fully saturated rings. The van der Waals surface area contributed by atoms with Gasteiger partial charge in [-0.2, -0.15) is 0 Å². The van der Waals surface area contributed by atoms with Crippen LogP contribution in [0.3, 0.4) is 0 Å². The first kappa shape index (κ1) is 10.8. The molecule has 0 saturated carbocycles. The van der Waals surface area contributed by atoms with Gasteiger partial charge >= 0.3 is 0 Å². The Morgan fingerprint density at radius 3 is 2.86 bits per heavy atom. The van der Waals surface area contributed by atoms with Crippen LogP contribution in [-0.4, -0.2) is 11.6 Å². The highest BCUT2D eigenvalue weighted by molar-refractivity contribution is 5.16. The Morgan fingerprint density at radius 2 is 2.29 bits per heavy atom. The van der Waals surface area contributed by atoms with E-state index in [1.54, 1.807) is 6.20 Å². The third-order valence-corrected chi connectivity index (χ3v) is 1.91. The lowest BCUT2D eigenvalue weighted by molar-refractivity contribution is 0.334. The molecule has 0 bridgehead atoms. The molecule has 1 aromatic rings. The highest BCUT2D eigenvalue weighted by Gasteiger charge is 1.96. The fourth-order valence-electron chi connectivity index (χ4n) is 1.14. The molecule has 14 heavy (non-hydrogen) atoms. The average Bonchev–Trinajstić information content (AvgIpc) is 2.17. The van der Waals surface area contributed by atoms with Crippen LogP contribution >= 0.6 is 0 Å². The van der Waals surface area contributed by atoms with Gasteiger partial charge in [0.25, 0.3) is 0 Å². The van der Waals surface area contributed by atoms with E-state index in [0.717, 1.165) is 24.0 Å². The van der Waals surface area contributed by atoms with E-state index in [9.17, 15) is 0 Å². The Hall–Kier alpha value is -1.31. The maximum atomic E-state index is 5.46. The first-order valence-corrected chi connectivity index (χ1v) is 4.94. The van der Waals surface area contributed by atoms with Crippen LogP contribution in [0.1, 0.15) is 25.3 Å². The number of rotatable bonds is 5. The zero-order valence-corrected chi connectivity index (χ0v) is 8.92. The van der Waals surface area contributed by atoms with E-state index >= 15 is 0 Å². The van der Waals surface area contributed by atoms with Crippen molar-refractivity contribution in [3.8, 4) is 5.88 Å². The lowest BCUT2D eigenvalue weighted by atomic mass is 10.2. The van der Waals surface area contributed by atoms with Gasteiger partial charge in [0.2, 0.25) is 5.88 Å². The van der Waals surface area contributed by atoms with Crippen molar-refractivity contribution in [2.75, 3.05) is 6.61 Å². The van der Waals surface area contributed by atoms with E-state index in [1.165, 1.54) is 0 Å². The predicted molar refractivity (Wildman–Crippen MR) is 58.5 cm³/mol. The van der Waals surface area contributed by atoms with Crippen molar-refractivity contribution in [1.82, 2.24) is 4.98 Å². The molecule has 1 heterocycles. The van der Waals surface area contributed by atoms with Crippen molar-refractivity contribution in [3.63, 3.8) is 0 Å². The van der Waals surface area contributed by atoms with Gasteiger partial charge in [0.15, 0.2) is 0 Å². The summed E-state index contributed by atoms with van der Waals surface area (Å²) >= 11 is 0. The summed E-state index contributed by atoms with van der Waals surface area (Å²) in [6.07, 6.45) is 3.94. The topological polar surface area (TPSA) is 22.1 Å². The molecule has 1 rings (SSSR count). The van der Waals surface area contributed by atoms with Crippen LogP contribution in [0.25, 0.3) is 0 Å². The number of aryl methyl sites for hydroxylation is 1. The van der Waals surface area contributed by atoms with Crippen molar-refractivity contribution in [2.45, 2.75) is 26.7 Å². The van der Waals surface area contributed by atoms with Crippen LogP contribution in [0.5, 0.6) is 5.88 Å². The van der Waals surface area contributed by atoms with Gasteiger partial charge in [-0.3, -0.25) is 0 Å². The molecule has 0 radical (unpaired) electrons. The van der Waals surface area contributed by atoms with Crippen molar-refractivity contribution in [2.24, 2.45) is 0 Å². The molecular weight excluding hydrogens is 174 g/mol. The van der Waals surface area contributed by atoms with Gasteiger partial charge in [-0.15, -0.1) is 0 Å². The van der Waals surface area contributed by atoms with Crippen molar-refractivity contribution in [1.29, 1.82) is 0 Å². The molecule has 0 saturated heterocycles. The second kappa shape index (κ2) is 5.43. The van der Waals surface area contributed by atoms with Crippen molar-refractivity contribution in [3.05, 3.63) is 36.0 Å². The second-order valence-electron chi connectivity index (χ2n) is 3.46. The van der Waals surface area contributed by atoms with Crippen LogP contribution in [0.4, 0.5) is 0 Å². The first-order valence-electron chi connectivity index (χ1n) is 4.94. The van der Waals surface area contributed by atoms with E-state index in [0.29, 0.717) is 12.5 Å². The van der Waals surface area contributed by atoms with Crippen LogP contribution in [-0.2, 0) is 0 Å². The van der Waals surface area contributed by atoms with Crippen LogP contribution in [0, 0.1) is 6.92 Å². The number of nitrogens with zero attached hydrogens (tertiary/aromatic N) is 1. The molecular formula is C12H17NO. The van der Waals surface area contributed by atoms with Gasteiger partial charge in [-0.25, -0.2) is 4.98 Å². The van der Waals surface area contributed by atoms with Gasteiger partial charge in [-0.05, 0) is 24.5 Å². The molecule has 0 N–H and O–H groups in total. The summed E-state index contributed by atoms with van der Waals surface area (Å²) in [5.74, 6) is 0.674. The van der Waals surface area contributed by atoms with Gasteiger partial charge in [0, 0.05) is 12.3 Å². The largest absolute Gasteiger partial charge is 0.473 e. The Bertz CT molecular complexity index is 290. The van der Waals surface area contributed by atoms with E-state index in [-0.39, 0.29) is 0 Å². The molecule has 1 aromatic heterocycles. The zero-order chi connectivity index (χ0) is 10.4. The second-order valence-corrected chi connectivity index (χ2v) is 3.46. The molecule has 2 heteroatoms. The Kier molecular flexibility index (Phi) is 4.17. The monoisotopic (exact) mass is 191 g/mol. The predicted octanol–water partition coefficient (Wildman–Crippen LogP) is 3.13. The van der Waals surface area contributed by atoms with Crippen LogP contribution in [0.15, 0.2) is 30.5 Å². The Labute approximate surface area is 85.6 Å². The summed E-state index contributed by atoms with van der Waals surface area (Å²) in [5, 5.41) is 0. The highest BCUT2D eigenvalue weighted by Crippen LogP contribution is 2.09. The van der Waals surface area contributed by atoms with Gasteiger partial charge < -0.3 is 4.74 Å². The summed E-state index contributed by atoms with van der Waals surface area (Å²) in [4.78, 5) is 4.15. The molecule has 0 unspecified atom stereocenters. The van der Waals surface area contributed by atoms with Gasteiger partial charge in [0.1, 0.15) is 6.61 Å². The molecule has 0 aliphatic heterocycles. The fraction of sp³-hybridized carbons (Fsp3) is 0.417. The Morgan fingerprint density at radius 1 is 1.50 bits per heavy atom. The Balaban J connectivity index is 2.38. The number of pyridine rings is 1. The molecule has 0 atom stereocenters. The number of hydrogen-bond acceptors (Lipinski definition) is 2. The lowest BCUT2D eigenvalue weighted by Gasteiger charge is -2.06. The quantitative estimate of drug-likeness (QED) is 0.667. The fourth-order valence-corrected chi connectivity index (χ4v) is 1.14. The molecule has 0 amide bonds. The molecule has 2 nitrogen and oxygen atoms in total. The summed E-state index contributed by atoms with van der Waals surface area (Å²) in [7, 11) is 0. The number of aromatic nitrogens is 1. The molecule has 0 aromatic carbocycles. The standard InChI is InChI=1S/C12H17NO/c1-4-5-11(3)9-14-12-7-6-10(2)8-13-12/h6-8H,3-5,9H2,1-2H3. The smallest absolute Gasteiger partial charge is 0.213 e. The summed E-state index contributed by atoms with van der Waals surface area (Å²) in [6, 6.07) is 3.87.